The minimum atomic E-state index is -2.47. The van der Waals surface area contributed by atoms with E-state index in [1.165, 1.54) is 5.56 Å². The number of halogens is 2. The molecule has 0 radical (unpaired) electrons. The molecule has 0 aliphatic heterocycles. The van der Waals surface area contributed by atoms with E-state index in [1.807, 2.05) is 12.1 Å². The maximum Gasteiger partial charge on any atom is 0.248 e. The van der Waals surface area contributed by atoms with Crippen LogP contribution in [-0.4, -0.2) is 5.92 Å². The number of nitrogens with two attached hydrogens (primary N) is 1. The van der Waals surface area contributed by atoms with Crippen molar-refractivity contribution in [2.75, 3.05) is 0 Å². The lowest BCUT2D eigenvalue weighted by Crippen LogP contribution is -2.30. The summed E-state index contributed by atoms with van der Waals surface area (Å²) in [5, 5.41) is 0. The average molecular weight is 253 g/mol. The van der Waals surface area contributed by atoms with E-state index in [-0.39, 0.29) is 24.8 Å². The Morgan fingerprint density at radius 3 is 2.28 bits per heavy atom. The quantitative estimate of drug-likeness (QED) is 0.863. The monoisotopic (exact) mass is 253 g/mol. The summed E-state index contributed by atoms with van der Waals surface area (Å²) in [6.45, 7) is 2.11. The summed E-state index contributed by atoms with van der Waals surface area (Å²) in [6.07, 6.45) is 2.04. The van der Waals surface area contributed by atoms with Crippen LogP contribution in [0.2, 0.25) is 0 Å². The Balaban J connectivity index is 2.00. The van der Waals surface area contributed by atoms with Gasteiger partial charge in [-0.15, -0.1) is 0 Å². The molecule has 100 valence electrons. The van der Waals surface area contributed by atoms with Gasteiger partial charge in [-0.25, -0.2) is 8.78 Å². The summed E-state index contributed by atoms with van der Waals surface area (Å²) in [5.74, 6) is -2.28. The Morgan fingerprint density at radius 2 is 1.78 bits per heavy atom. The second kappa shape index (κ2) is 5.35. The minimum absolute atomic E-state index is 0.0155. The number of alkyl halides is 2. The van der Waals surface area contributed by atoms with Crippen molar-refractivity contribution < 1.29 is 8.78 Å². The maximum atomic E-state index is 13.1. The lowest BCUT2D eigenvalue weighted by atomic mass is 9.80. The van der Waals surface area contributed by atoms with Gasteiger partial charge >= 0.3 is 0 Å². The molecule has 0 aromatic heterocycles. The Morgan fingerprint density at radius 1 is 1.22 bits per heavy atom. The van der Waals surface area contributed by atoms with E-state index in [2.05, 4.69) is 19.1 Å². The molecule has 1 aliphatic carbocycles. The molecule has 0 bridgehead atoms. The summed E-state index contributed by atoms with van der Waals surface area (Å²) < 4.78 is 26.2. The van der Waals surface area contributed by atoms with Crippen LogP contribution < -0.4 is 5.73 Å². The van der Waals surface area contributed by atoms with Crippen LogP contribution in [0.25, 0.3) is 0 Å². The molecule has 1 aromatic rings. The van der Waals surface area contributed by atoms with E-state index in [4.69, 9.17) is 5.73 Å². The van der Waals surface area contributed by atoms with Crippen molar-refractivity contribution >= 4 is 0 Å². The second-order valence-electron chi connectivity index (χ2n) is 5.31. The minimum Gasteiger partial charge on any atom is -0.324 e. The van der Waals surface area contributed by atoms with Crippen molar-refractivity contribution in [2.45, 2.75) is 51.0 Å². The third-order valence-corrected chi connectivity index (χ3v) is 4.04. The van der Waals surface area contributed by atoms with Gasteiger partial charge < -0.3 is 5.73 Å². The molecule has 18 heavy (non-hydrogen) atoms. The SMILES string of the molecule is CCc1ccc(C(N)C2CCC(F)(F)CC2)cc1. The number of hydrogen-bond donors (Lipinski definition) is 1. The molecule has 1 saturated carbocycles. The summed E-state index contributed by atoms with van der Waals surface area (Å²) in [7, 11) is 0. The summed E-state index contributed by atoms with van der Waals surface area (Å²) in [6, 6.07) is 8.12. The Labute approximate surface area is 107 Å². The van der Waals surface area contributed by atoms with Gasteiger partial charge in [-0.1, -0.05) is 31.2 Å². The molecule has 2 rings (SSSR count). The van der Waals surface area contributed by atoms with E-state index in [1.54, 1.807) is 0 Å². The van der Waals surface area contributed by atoms with Crippen molar-refractivity contribution in [1.82, 2.24) is 0 Å². The highest BCUT2D eigenvalue weighted by Crippen LogP contribution is 2.40. The predicted octanol–water partition coefficient (Wildman–Crippen LogP) is 4.07. The van der Waals surface area contributed by atoms with Gasteiger partial charge in [0.1, 0.15) is 0 Å². The molecule has 2 N–H and O–H groups in total. The first-order valence-corrected chi connectivity index (χ1v) is 6.74. The van der Waals surface area contributed by atoms with E-state index < -0.39 is 5.92 Å². The number of benzene rings is 1. The van der Waals surface area contributed by atoms with Gasteiger partial charge in [-0.05, 0) is 36.3 Å². The molecule has 1 aromatic carbocycles. The van der Waals surface area contributed by atoms with Crippen molar-refractivity contribution in [2.24, 2.45) is 11.7 Å². The highest BCUT2D eigenvalue weighted by molar-refractivity contribution is 5.25. The van der Waals surface area contributed by atoms with Crippen molar-refractivity contribution in [3.8, 4) is 0 Å². The number of hydrogen-bond acceptors (Lipinski definition) is 1. The summed E-state index contributed by atoms with van der Waals surface area (Å²) in [4.78, 5) is 0. The average Bonchev–Trinajstić information content (AvgIpc) is 2.38. The molecule has 1 unspecified atom stereocenters. The first-order chi connectivity index (χ1) is 8.52. The van der Waals surface area contributed by atoms with Crippen molar-refractivity contribution in [3.63, 3.8) is 0 Å². The third kappa shape index (κ3) is 3.08. The zero-order chi connectivity index (χ0) is 13.2. The molecule has 1 atom stereocenters. The third-order valence-electron chi connectivity index (χ3n) is 4.04. The van der Waals surface area contributed by atoms with Crippen LogP contribution in [0.4, 0.5) is 8.78 Å². The lowest BCUT2D eigenvalue weighted by molar-refractivity contribution is -0.0483. The largest absolute Gasteiger partial charge is 0.324 e. The molecule has 1 nitrogen and oxygen atoms in total. The van der Waals surface area contributed by atoms with Gasteiger partial charge in [-0.2, -0.15) is 0 Å². The van der Waals surface area contributed by atoms with E-state index in [9.17, 15) is 8.78 Å². The standard InChI is InChI=1S/C15H21F2N/c1-2-11-3-5-12(6-4-11)14(18)13-7-9-15(16,17)10-8-13/h3-6,13-14H,2,7-10,18H2,1H3. The Bertz CT molecular complexity index is 376. The van der Waals surface area contributed by atoms with Gasteiger partial charge in [0.05, 0.1) is 0 Å². The Kier molecular flexibility index (Phi) is 4.00. The van der Waals surface area contributed by atoms with Crippen LogP contribution in [0.1, 0.15) is 49.8 Å². The van der Waals surface area contributed by atoms with Gasteiger partial charge in [0.25, 0.3) is 0 Å². The Hall–Kier alpha value is -0.960. The van der Waals surface area contributed by atoms with Crippen LogP contribution in [0.15, 0.2) is 24.3 Å². The van der Waals surface area contributed by atoms with Crippen LogP contribution in [0.5, 0.6) is 0 Å². The van der Waals surface area contributed by atoms with Crippen LogP contribution in [0.3, 0.4) is 0 Å². The fraction of sp³-hybridized carbons (Fsp3) is 0.600. The van der Waals surface area contributed by atoms with E-state index in [0.717, 1.165) is 12.0 Å². The smallest absolute Gasteiger partial charge is 0.248 e. The normalized spacial score (nSPS) is 21.8. The highest BCUT2D eigenvalue weighted by atomic mass is 19.3. The molecule has 0 heterocycles. The first kappa shape index (κ1) is 13.5. The summed E-state index contributed by atoms with van der Waals surface area (Å²) >= 11 is 0. The molecular weight excluding hydrogens is 232 g/mol. The van der Waals surface area contributed by atoms with Gasteiger partial charge in [0.2, 0.25) is 5.92 Å². The van der Waals surface area contributed by atoms with Crippen molar-refractivity contribution in [3.05, 3.63) is 35.4 Å². The topological polar surface area (TPSA) is 26.0 Å². The maximum absolute atomic E-state index is 13.1. The second-order valence-corrected chi connectivity index (χ2v) is 5.31. The first-order valence-electron chi connectivity index (χ1n) is 6.74. The fourth-order valence-electron chi connectivity index (χ4n) is 2.67. The molecule has 3 heteroatoms. The molecule has 0 amide bonds. The zero-order valence-electron chi connectivity index (χ0n) is 10.8. The molecule has 1 fully saturated rings. The number of rotatable bonds is 3. The van der Waals surface area contributed by atoms with E-state index >= 15 is 0 Å². The molecule has 0 spiro atoms. The van der Waals surface area contributed by atoms with Crippen molar-refractivity contribution in [1.29, 1.82) is 0 Å². The van der Waals surface area contributed by atoms with Gasteiger partial charge in [0.15, 0.2) is 0 Å². The van der Waals surface area contributed by atoms with Gasteiger partial charge in [-0.3, -0.25) is 0 Å². The predicted molar refractivity (Wildman–Crippen MR) is 69.7 cm³/mol. The van der Waals surface area contributed by atoms with E-state index in [0.29, 0.717) is 12.8 Å². The molecular formula is C15H21F2N. The lowest BCUT2D eigenvalue weighted by Gasteiger charge is -2.32. The number of aryl methyl sites for hydroxylation is 1. The highest BCUT2D eigenvalue weighted by Gasteiger charge is 2.36. The fourth-order valence-corrected chi connectivity index (χ4v) is 2.67. The van der Waals surface area contributed by atoms with Crippen LogP contribution in [0, 0.1) is 5.92 Å². The van der Waals surface area contributed by atoms with Gasteiger partial charge in [0, 0.05) is 18.9 Å². The molecule has 0 saturated heterocycles. The zero-order valence-corrected chi connectivity index (χ0v) is 10.8. The molecule has 1 aliphatic rings. The van der Waals surface area contributed by atoms with Crippen LogP contribution >= 0.6 is 0 Å². The van der Waals surface area contributed by atoms with Crippen LogP contribution in [-0.2, 0) is 6.42 Å². The summed E-state index contributed by atoms with van der Waals surface area (Å²) in [5.41, 5.74) is 8.56.